The number of aryl methyl sites for hydroxylation is 2. The molecule has 3 aromatic rings. The molecule has 2 aromatic carbocycles. The number of carbonyl (C=O) groups excluding carboxylic acids is 1. The summed E-state index contributed by atoms with van der Waals surface area (Å²) >= 11 is 0. The van der Waals surface area contributed by atoms with E-state index in [0.29, 0.717) is 17.8 Å². The molecule has 1 aromatic heterocycles. The number of amides is 1. The molecule has 0 atom stereocenters. The predicted octanol–water partition coefficient (Wildman–Crippen LogP) is 2.67. The molecular formula is C21H24F2N4O4S. The molecule has 1 amide bonds. The van der Waals surface area contributed by atoms with Crippen molar-refractivity contribution < 1.29 is 26.7 Å². The van der Waals surface area contributed by atoms with Gasteiger partial charge in [0.1, 0.15) is 11.6 Å². The van der Waals surface area contributed by atoms with Gasteiger partial charge in [-0.25, -0.2) is 17.7 Å². The van der Waals surface area contributed by atoms with Crippen LogP contribution in [0.1, 0.15) is 17.8 Å². The van der Waals surface area contributed by atoms with E-state index in [-0.39, 0.29) is 29.5 Å². The first-order valence-electron chi connectivity index (χ1n) is 9.76. The van der Waals surface area contributed by atoms with E-state index in [1.165, 1.54) is 38.4 Å². The highest BCUT2D eigenvalue weighted by Crippen LogP contribution is 2.22. The summed E-state index contributed by atoms with van der Waals surface area (Å²) in [6, 6.07) is 10.8. The zero-order valence-electron chi connectivity index (χ0n) is 17.9. The Hall–Kier alpha value is -3.05. The number of alkyl halides is 2. The van der Waals surface area contributed by atoms with Gasteiger partial charge in [-0.15, -0.1) is 0 Å². The fourth-order valence-corrected chi connectivity index (χ4v) is 4.05. The maximum Gasteiger partial charge on any atom is 0.387 e. The van der Waals surface area contributed by atoms with E-state index in [4.69, 9.17) is 0 Å². The Balaban J connectivity index is 1.60. The number of fused-ring (bicyclic) bond motifs is 1. The molecule has 0 aliphatic rings. The van der Waals surface area contributed by atoms with E-state index in [9.17, 15) is 22.0 Å². The largest absolute Gasteiger partial charge is 0.435 e. The number of hydrogen-bond acceptors (Lipinski definition) is 5. The van der Waals surface area contributed by atoms with Crippen LogP contribution in [0.25, 0.3) is 11.0 Å². The number of aromatic nitrogens is 2. The number of ether oxygens (including phenoxy) is 1. The minimum Gasteiger partial charge on any atom is -0.435 e. The van der Waals surface area contributed by atoms with Gasteiger partial charge < -0.3 is 14.6 Å². The zero-order chi connectivity index (χ0) is 23.5. The van der Waals surface area contributed by atoms with Crippen molar-refractivity contribution in [1.29, 1.82) is 0 Å². The van der Waals surface area contributed by atoms with Crippen LogP contribution in [0.3, 0.4) is 0 Å². The van der Waals surface area contributed by atoms with Crippen LogP contribution in [0.5, 0.6) is 5.75 Å². The lowest BCUT2D eigenvalue weighted by atomic mass is 10.2. The number of nitrogens with one attached hydrogen (secondary N) is 1. The summed E-state index contributed by atoms with van der Waals surface area (Å²) in [6.45, 7) is -2.63. The Morgan fingerprint density at radius 1 is 1.19 bits per heavy atom. The van der Waals surface area contributed by atoms with Gasteiger partial charge in [0.05, 0.1) is 15.9 Å². The summed E-state index contributed by atoms with van der Waals surface area (Å²) in [4.78, 5) is 16.9. The molecule has 1 heterocycles. The molecule has 0 aliphatic carbocycles. The van der Waals surface area contributed by atoms with Crippen LogP contribution >= 0.6 is 0 Å². The van der Waals surface area contributed by atoms with E-state index in [1.807, 2.05) is 11.6 Å². The molecule has 0 saturated carbocycles. The first-order chi connectivity index (χ1) is 15.1. The first-order valence-corrected chi connectivity index (χ1v) is 11.2. The highest BCUT2D eigenvalue weighted by molar-refractivity contribution is 7.89. The number of imidazole rings is 1. The molecule has 172 valence electrons. The van der Waals surface area contributed by atoms with Crippen LogP contribution in [0, 0.1) is 0 Å². The average Bonchev–Trinajstić information content (AvgIpc) is 3.06. The molecule has 3 rings (SSSR count). The Labute approximate surface area is 184 Å². The van der Waals surface area contributed by atoms with E-state index in [0.717, 1.165) is 15.4 Å². The molecule has 0 saturated heterocycles. The third-order valence-electron chi connectivity index (χ3n) is 4.94. The van der Waals surface area contributed by atoms with Crippen molar-refractivity contribution in [2.45, 2.75) is 30.9 Å². The maximum absolute atomic E-state index is 12.3. The van der Waals surface area contributed by atoms with Crippen molar-refractivity contribution >= 4 is 27.0 Å². The van der Waals surface area contributed by atoms with Gasteiger partial charge in [-0.2, -0.15) is 8.78 Å². The minimum atomic E-state index is -3.57. The van der Waals surface area contributed by atoms with E-state index in [1.54, 1.807) is 18.2 Å². The topological polar surface area (TPSA) is 93.5 Å². The maximum atomic E-state index is 12.3. The van der Waals surface area contributed by atoms with Crippen LogP contribution in [0.15, 0.2) is 47.4 Å². The van der Waals surface area contributed by atoms with Crippen molar-refractivity contribution in [3.8, 4) is 5.75 Å². The fourth-order valence-electron chi connectivity index (χ4n) is 3.13. The van der Waals surface area contributed by atoms with Gasteiger partial charge in [0.25, 0.3) is 0 Å². The lowest BCUT2D eigenvalue weighted by molar-refractivity contribution is -0.121. The number of benzene rings is 2. The van der Waals surface area contributed by atoms with Crippen molar-refractivity contribution in [3.05, 3.63) is 53.9 Å². The van der Waals surface area contributed by atoms with E-state index < -0.39 is 16.6 Å². The van der Waals surface area contributed by atoms with Gasteiger partial charge in [-0.3, -0.25) is 4.79 Å². The molecule has 0 bridgehead atoms. The summed E-state index contributed by atoms with van der Waals surface area (Å²) in [7, 11) is 1.18. The van der Waals surface area contributed by atoms with Gasteiger partial charge in [0.15, 0.2) is 0 Å². The normalized spacial score (nSPS) is 12.0. The lowest BCUT2D eigenvalue weighted by Crippen LogP contribution is -2.23. The van der Waals surface area contributed by atoms with Gasteiger partial charge in [-0.05, 0) is 35.9 Å². The molecule has 32 heavy (non-hydrogen) atoms. The van der Waals surface area contributed by atoms with Gasteiger partial charge in [0.2, 0.25) is 15.9 Å². The summed E-state index contributed by atoms with van der Waals surface area (Å²) in [5.74, 6) is 0.516. The SMILES string of the molecule is CN(C)S(=O)(=O)c1ccc2c(c1)nc(CCC(=O)NCc1ccc(OC(F)F)cc1)n2C. The monoisotopic (exact) mass is 466 g/mol. The first kappa shape index (κ1) is 23.6. The average molecular weight is 467 g/mol. The lowest BCUT2D eigenvalue weighted by Gasteiger charge is -2.10. The van der Waals surface area contributed by atoms with Gasteiger partial charge >= 0.3 is 6.61 Å². The Kier molecular flexibility index (Phi) is 7.09. The number of sulfonamides is 1. The number of hydrogen-bond donors (Lipinski definition) is 1. The van der Waals surface area contributed by atoms with Crippen LogP contribution < -0.4 is 10.1 Å². The highest BCUT2D eigenvalue weighted by Gasteiger charge is 2.19. The summed E-state index contributed by atoms with van der Waals surface area (Å²) in [5.41, 5.74) is 2.05. The van der Waals surface area contributed by atoms with Gasteiger partial charge in [-0.1, -0.05) is 12.1 Å². The molecular weight excluding hydrogens is 442 g/mol. The van der Waals surface area contributed by atoms with Crippen LogP contribution in [0.2, 0.25) is 0 Å². The van der Waals surface area contributed by atoms with Crippen LogP contribution in [-0.4, -0.2) is 48.9 Å². The molecule has 1 N–H and O–H groups in total. The molecule has 0 unspecified atom stereocenters. The van der Waals surface area contributed by atoms with Gasteiger partial charge in [0, 0.05) is 40.5 Å². The second-order valence-electron chi connectivity index (χ2n) is 7.32. The number of nitrogens with zero attached hydrogens (tertiary/aromatic N) is 3. The molecule has 0 aliphatic heterocycles. The number of halogens is 2. The second kappa shape index (κ2) is 9.61. The quantitative estimate of drug-likeness (QED) is 0.523. The van der Waals surface area contributed by atoms with Crippen LogP contribution in [0.4, 0.5) is 8.78 Å². The zero-order valence-corrected chi connectivity index (χ0v) is 18.7. The molecule has 0 fully saturated rings. The third kappa shape index (κ3) is 5.40. The Bertz CT molecular complexity index is 1210. The van der Waals surface area contributed by atoms with E-state index >= 15 is 0 Å². The minimum absolute atomic E-state index is 0.0541. The standard InChI is InChI=1S/C21H24F2N4O4S/c1-26(2)32(29,30)16-8-9-18-17(12-16)25-19(27(18)3)10-11-20(28)24-13-14-4-6-15(7-5-14)31-21(22)23/h4-9,12,21H,10-11,13H2,1-3H3,(H,24,28). The molecule has 8 nitrogen and oxygen atoms in total. The molecule has 0 spiro atoms. The highest BCUT2D eigenvalue weighted by atomic mass is 32.2. The van der Waals surface area contributed by atoms with Crippen molar-refractivity contribution in [2.24, 2.45) is 7.05 Å². The fraction of sp³-hybridized carbons (Fsp3) is 0.333. The summed E-state index contributed by atoms with van der Waals surface area (Å²) in [5, 5.41) is 2.77. The molecule has 0 radical (unpaired) electrons. The number of rotatable bonds is 9. The number of carbonyl (C=O) groups is 1. The summed E-state index contributed by atoms with van der Waals surface area (Å²) in [6.07, 6.45) is 0.556. The van der Waals surface area contributed by atoms with Crippen molar-refractivity contribution in [1.82, 2.24) is 19.2 Å². The third-order valence-corrected chi connectivity index (χ3v) is 6.75. The smallest absolute Gasteiger partial charge is 0.387 e. The van der Waals surface area contributed by atoms with Crippen molar-refractivity contribution in [2.75, 3.05) is 14.1 Å². The molecule has 11 heteroatoms. The van der Waals surface area contributed by atoms with E-state index in [2.05, 4.69) is 15.0 Å². The Morgan fingerprint density at radius 2 is 1.88 bits per heavy atom. The van der Waals surface area contributed by atoms with Crippen molar-refractivity contribution in [3.63, 3.8) is 0 Å². The second-order valence-corrected chi connectivity index (χ2v) is 9.48. The predicted molar refractivity (Wildman–Crippen MR) is 115 cm³/mol. The Morgan fingerprint density at radius 3 is 2.50 bits per heavy atom. The van der Waals surface area contributed by atoms with Crippen LogP contribution in [-0.2, 0) is 34.8 Å². The summed E-state index contributed by atoms with van der Waals surface area (Å²) < 4.78 is 56.3.